The van der Waals surface area contributed by atoms with E-state index >= 15 is 0 Å². The van der Waals surface area contributed by atoms with Gasteiger partial charge in [-0.2, -0.15) is 0 Å². The zero-order valence-corrected chi connectivity index (χ0v) is 10.4. The molecule has 0 saturated heterocycles. The van der Waals surface area contributed by atoms with E-state index in [1.165, 1.54) is 20.3 Å². The van der Waals surface area contributed by atoms with Gasteiger partial charge in [-0.25, -0.2) is 4.39 Å². The van der Waals surface area contributed by atoms with Gasteiger partial charge in [0.05, 0.1) is 14.2 Å². The van der Waals surface area contributed by atoms with E-state index in [0.717, 1.165) is 5.57 Å². The number of ether oxygens (including phenoxy) is 2. The third kappa shape index (κ3) is 3.20. The first kappa shape index (κ1) is 13.5. The minimum absolute atomic E-state index is 0.358. The van der Waals surface area contributed by atoms with E-state index in [1.807, 2.05) is 6.92 Å². The highest BCUT2D eigenvalue weighted by Crippen LogP contribution is 2.33. The second-order valence-corrected chi connectivity index (χ2v) is 4.00. The van der Waals surface area contributed by atoms with Crippen LogP contribution in [0.1, 0.15) is 24.9 Å². The highest BCUT2D eigenvalue weighted by Gasteiger charge is 2.16. The molecule has 17 heavy (non-hydrogen) atoms. The van der Waals surface area contributed by atoms with Crippen LogP contribution in [0.15, 0.2) is 24.3 Å². The Labute approximate surface area is 101 Å². The van der Waals surface area contributed by atoms with Crippen LogP contribution >= 0.6 is 0 Å². The predicted octanol–water partition coefficient (Wildman–Crippen LogP) is 2.81. The van der Waals surface area contributed by atoms with Gasteiger partial charge >= 0.3 is 0 Å². The summed E-state index contributed by atoms with van der Waals surface area (Å²) in [5.41, 5.74) is 7.23. The van der Waals surface area contributed by atoms with E-state index < -0.39 is 11.9 Å². The molecular formula is C13H18FNO2. The van der Waals surface area contributed by atoms with Gasteiger partial charge in [-0.15, -0.1) is 6.58 Å². The van der Waals surface area contributed by atoms with Crippen molar-refractivity contribution in [1.29, 1.82) is 0 Å². The van der Waals surface area contributed by atoms with Gasteiger partial charge in [0.15, 0.2) is 11.5 Å². The maximum atomic E-state index is 13.8. The molecule has 1 atom stereocenters. The standard InChI is InChI=1S/C13H18FNO2/c1-8(2)5-11(15)9-6-12(16-3)13(17-4)7-10(9)14/h6-7,11H,1,5,15H2,2-4H3/t11-/m1/s1. The van der Waals surface area contributed by atoms with Crippen LogP contribution in [0.5, 0.6) is 11.5 Å². The van der Waals surface area contributed by atoms with E-state index in [2.05, 4.69) is 6.58 Å². The summed E-state index contributed by atoms with van der Waals surface area (Å²) in [6.07, 6.45) is 0.534. The van der Waals surface area contributed by atoms with E-state index in [1.54, 1.807) is 6.07 Å². The average molecular weight is 239 g/mol. The lowest BCUT2D eigenvalue weighted by atomic mass is 10.00. The zero-order chi connectivity index (χ0) is 13.0. The SMILES string of the molecule is C=C(C)C[C@@H](N)c1cc(OC)c(OC)cc1F. The molecule has 0 unspecified atom stereocenters. The van der Waals surface area contributed by atoms with Crippen molar-refractivity contribution in [2.75, 3.05) is 14.2 Å². The molecule has 0 bridgehead atoms. The molecule has 3 nitrogen and oxygen atoms in total. The van der Waals surface area contributed by atoms with Gasteiger partial charge in [0.25, 0.3) is 0 Å². The molecule has 0 aromatic heterocycles. The number of hydrogen-bond donors (Lipinski definition) is 1. The highest BCUT2D eigenvalue weighted by molar-refractivity contribution is 5.44. The fourth-order valence-electron chi connectivity index (χ4n) is 1.64. The van der Waals surface area contributed by atoms with Gasteiger partial charge in [0, 0.05) is 17.7 Å². The van der Waals surface area contributed by atoms with Crippen LogP contribution in [0.25, 0.3) is 0 Å². The molecule has 0 saturated carbocycles. The lowest BCUT2D eigenvalue weighted by molar-refractivity contribution is 0.351. The maximum Gasteiger partial charge on any atom is 0.163 e. The summed E-state index contributed by atoms with van der Waals surface area (Å²) in [5.74, 6) is 0.439. The van der Waals surface area contributed by atoms with Crippen molar-refractivity contribution in [1.82, 2.24) is 0 Å². The first-order valence-electron chi connectivity index (χ1n) is 5.31. The summed E-state index contributed by atoms with van der Waals surface area (Å²) < 4.78 is 23.9. The van der Waals surface area contributed by atoms with Gasteiger partial charge in [0.1, 0.15) is 5.82 Å². The molecule has 0 aliphatic carbocycles. The van der Waals surface area contributed by atoms with Crippen LogP contribution in [-0.4, -0.2) is 14.2 Å². The van der Waals surface area contributed by atoms with Crippen LogP contribution in [-0.2, 0) is 0 Å². The molecule has 0 spiro atoms. The Hall–Kier alpha value is -1.55. The Morgan fingerprint density at radius 1 is 1.35 bits per heavy atom. The lowest BCUT2D eigenvalue weighted by Gasteiger charge is -2.16. The van der Waals surface area contributed by atoms with Crippen molar-refractivity contribution in [3.05, 3.63) is 35.7 Å². The fourth-order valence-corrected chi connectivity index (χ4v) is 1.64. The van der Waals surface area contributed by atoms with Crippen LogP contribution < -0.4 is 15.2 Å². The highest BCUT2D eigenvalue weighted by atomic mass is 19.1. The maximum absolute atomic E-state index is 13.8. The van der Waals surface area contributed by atoms with Crippen molar-refractivity contribution >= 4 is 0 Å². The molecule has 1 rings (SSSR count). The quantitative estimate of drug-likeness (QED) is 0.803. The van der Waals surface area contributed by atoms with Gasteiger partial charge in [-0.3, -0.25) is 0 Å². The van der Waals surface area contributed by atoms with Crippen LogP contribution in [0.4, 0.5) is 4.39 Å². The van der Waals surface area contributed by atoms with Crippen LogP contribution in [0.2, 0.25) is 0 Å². The number of rotatable bonds is 5. The Morgan fingerprint density at radius 2 is 1.88 bits per heavy atom. The topological polar surface area (TPSA) is 44.5 Å². The Bertz CT molecular complexity index is 418. The Morgan fingerprint density at radius 3 is 2.35 bits per heavy atom. The second kappa shape index (κ2) is 5.68. The molecule has 2 N–H and O–H groups in total. The number of benzene rings is 1. The molecule has 94 valence electrons. The van der Waals surface area contributed by atoms with E-state index in [4.69, 9.17) is 15.2 Å². The van der Waals surface area contributed by atoms with E-state index in [9.17, 15) is 4.39 Å². The molecule has 4 heteroatoms. The predicted molar refractivity (Wildman–Crippen MR) is 65.9 cm³/mol. The summed E-state index contributed by atoms with van der Waals surface area (Å²) in [6, 6.07) is 2.43. The minimum atomic E-state index is -0.424. The monoisotopic (exact) mass is 239 g/mol. The molecule has 0 aliphatic rings. The van der Waals surface area contributed by atoms with E-state index in [-0.39, 0.29) is 0 Å². The largest absolute Gasteiger partial charge is 0.493 e. The summed E-state index contributed by atoms with van der Waals surface area (Å²) >= 11 is 0. The molecule has 0 aliphatic heterocycles. The number of hydrogen-bond acceptors (Lipinski definition) is 3. The Balaban J connectivity index is 3.11. The molecule has 1 aromatic carbocycles. The molecule has 0 amide bonds. The summed E-state index contributed by atoms with van der Waals surface area (Å²) in [7, 11) is 2.97. The van der Waals surface area contributed by atoms with Crippen molar-refractivity contribution in [2.24, 2.45) is 5.73 Å². The fraction of sp³-hybridized carbons (Fsp3) is 0.385. The smallest absolute Gasteiger partial charge is 0.163 e. The summed E-state index contributed by atoms with van der Waals surface area (Å²) in [5, 5.41) is 0. The zero-order valence-electron chi connectivity index (χ0n) is 10.4. The average Bonchev–Trinajstić information content (AvgIpc) is 2.27. The molecule has 0 fully saturated rings. The first-order chi connectivity index (χ1) is 7.99. The molecule has 1 aromatic rings. The van der Waals surface area contributed by atoms with Crippen LogP contribution in [0.3, 0.4) is 0 Å². The number of halogens is 1. The van der Waals surface area contributed by atoms with Crippen molar-refractivity contribution in [3.63, 3.8) is 0 Å². The van der Waals surface area contributed by atoms with Gasteiger partial charge in [-0.05, 0) is 19.4 Å². The lowest BCUT2D eigenvalue weighted by Crippen LogP contribution is -2.13. The second-order valence-electron chi connectivity index (χ2n) is 4.00. The van der Waals surface area contributed by atoms with Crippen molar-refractivity contribution < 1.29 is 13.9 Å². The van der Waals surface area contributed by atoms with Crippen LogP contribution in [0, 0.1) is 5.82 Å². The van der Waals surface area contributed by atoms with Crippen molar-refractivity contribution in [3.8, 4) is 11.5 Å². The van der Waals surface area contributed by atoms with E-state index in [0.29, 0.717) is 23.5 Å². The molecule has 0 heterocycles. The summed E-state index contributed by atoms with van der Waals surface area (Å²) in [6.45, 7) is 5.63. The normalized spacial score (nSPS) is 12.1. The summed E-state index contributed by atoms with van der Waals surface area (Å²) in [4.78, 5) is 0. The van der Waals surface area contributed by atoms with Gasteiger partial charge in [0.2, 0.25) is 0 Å². The molecule has 0 radical (unpaired) electrons. The minimum Gasteiger partial charge on any atom is -0.493 e. The van der Waals surface area contributed by atoms with Crippen molar-refractivity contribution in [2.45, 2.75) is 19.4 Å². The number of methoxy groups -OCH3 is 2. The first-order valence-corrected chi connectivity index (χ1v) is 5.31. The van der Waals surface area contributed by atoms with Gasteiger partial charge in [-0.1, -0.05) is 5.57 Å². The Kier molecular flexibility index (Phi) is 4.52. The molecular weight excluding hydrogens is 221 g/mol. The third-order valence-electron chi connectivity index (χ3n) is 2.47. The van der Waals surface area contributed by atoms with Gasteiger partial charge < -0.3 is 15.2 Å². The third-order valence-corrected chi connectivity index (χ3v) is 2.47. The number of nitrogens with two attached hydrogens (primary N) is 1.